The summed E-state index contributed by atoms with van der Waals surface area (Å²) in [6, 6.07) is 2.45. The first kappa shape index (κ1) is 11.9. The minimum atomic E-state index is -0.590. The lowest BCUT2D eigenvalue weighted by atomic mass is 10.1. The smallest absolute Gasteiger partial charge is 0.296 e. The van der Waals surface area contributed by atoms with Crippen LogP contribution in [0.15, 0.2) is 18.3 Å². The number of aromatic amines is 1. The molecule has 1 atom stereocenters. The van der Waals surface area contributed by atoms with E-state index in [1.54, 1.807) is 6.92 Å². The minimum absolute atomic E-state index is 0.214. The standard InChI is InChI=1S/C11H10N2O5/c1-6(18-5-14)9-4-12-11-8(9)2-7(15)3-10(11)13(16)17/h2-6,12,15H,1H3. The van der Waals surface area contributed by atoms with Gasteiger partial charge in [0.1, 0.15) is 17.4 Å². The number of phenolic OH excluding ortho intramolecular Hbond substituents is 1. The van der Waals surface area contributed by atoms with E-state index in [1.807, 2.05) is 0 Å². The van der Waals surface area contributed by atoms with Crippen molar-refractivity contribution in [3.05, 3.63) is 34.0 Å². The first-order chi connectivity index (χ1) is 8.54. The number of fused-ring (bicyclic) bond motifs is 1. The Bertz CT molecular complexity index is 619. The summed E-state index contributed by atoms with van der Waals surface area (Å²) in [5.41, 5.74) is 0.625. The Morgan fingerprint density at radius 3 is 2.89 bits per heavy atom. The van der Waals surface area contributed by atoms with Gasteiger partial charge >= 0.3 is 0 Å². The van der Waals surface area contributed by atoms with Gasteiger partial charge in [0.15, 0.2) is 0 Å². The van der Waals surface area contributed by atoms with Crippen LogP contribution in [0, 0.1) is 10.1 Å². The molecule has 0 radical (unpaired) electrons. The third-order valence-corrected chi connectivity index (χ3v) is 2.68. The third-order valence-electron chi connectivity index (χ3n) is 2.68. The highest BCUT2D eigenvalue weighted by Gasteiger charge is 2.20. The van der Waals surface area contributed by atoms with Crippen molar-refractivity contribution in [3.63, 3.8) is 0 Å². The van der Waals surface area contributed by atoms with Gasteiger partial charge in [0, 0.05) is 17.1 Å². The van der Waals surface area contributed by atoms with Crippen LogP contribution in [0.5, 0.6) is 5.75 Å². The van der Waals surface area contributed by atoms with Crippen LogP contribution in [-0.4, -0.2) is 21.5 Å². The second-order valence-corrected chi connectivity index (χ2v) is 3.76. The van der Waals surface area contributed by atoms with Crippen LogP contribution in [-0.2, 0) is 9.53 Å². The lowest BCUT2D eigenvalue weighted by molar-refractivity contribution is -0.383. The van der Waals surface area contributed by atoms with Crippen molar-refractivity contribution in [1.29, 1.82) is 0 Å². The van der Waals surface area contributed by atoms with Crippen molar-refractivity contribution in [2.45, 2.75) is 13.0 Å². The molecule has 0 spiro atoms. The molecule has 0 bridgehead atoms. The number of phenols is 1. The van der Waals surface area contributed by atoms with Crippen LogP contribution in [0.25, 0.3) is 10.9 Å². The van der Waals surface area contributed by atoms with Gasteiger partial charge in [-0.05, 0) is 13.0 Å². The molecule has 0 saturated carbocycles. The number of rotatable bonds is 4. The van der Waals surface area contributed by atoms with E-state index in [2.05, 4.69) is 4.98 Å². The van der Waals surface area contributed by atoms with E-state index in [0.29, 0.717) is 17.4 Å². The van der Waals surface area contributed by atoms with Crippen molar-refractivity contribution >= 4 is 23.1 Å². The number of carbonyl (C=O) groups is 1. The molecule has 7 nitrogen and oxygen atoms in total. The lowest BCUT2D eigenvalue weighted by Crippen LogP contribution is -1.97. The highest BCUT2D eigenvalue weighted by Crippen LogP contribution is 2.34. The summed E-state index contributed by atoms with van der Waals surface area (Å²) in [6.45, 7) is 1.94. The van der Waals surface area contributed by atoms with E-state index in [0.717, 1.165) is 6.07 Å². The molecule has 0 amide bonds. The monoisotopic (exact) mass is 250 g/mol. The Morgan fingerprint density at radius 1 is 1.56 bits per heavy atom. The molecule has 18 heavy (non-hydrogen) atoms. The fraction of sp³-hybridized carbons (Fsp3) is 0.182. The number of hydrogen-bond acceptors (Lipinski definition) is 5. The number of nitro benzene ring substituents is 1. The number of non-ortho nitro benzene ring substituents is 1. The van der Waals surface area contributed by atoms with Gasteiger partial charge in [0.2, 0.25) is 0 Å². The summed E-state index contributed by atoms with van der Waals surface area (Å²) in [5.74, 6) is -0.214. The van der Waals surface area contributed by atoms with Gasteiger partial charge in [0.05, 0.1) is 11.0 Å². The summed E-state index contributed by atoms with van der Waals surface area (Å²) in [5, 5.41) is 20.8. The fourth-order valence-corrected chi connectivity index (χ4v) is 1.86. The molecule has 2 aromatic rings. The van der Waals surface area contributed by atoms with E-state index >= 15 is 0 Å². The summed E-state index contributed by atoms with van der Waals surface area (Å²) < 4.78 is 4.78. The van der Waals surface area contributed by atoms with Gasteiger partial charge in [-0.3, -0.25) is 14.9 Å². The number of benzene rings is 1. The quantitative estimate of drug-likeness (QED) is 0.490. The topological polar surface area (TPSA) is 105 Å². The number of nitro groups is 1. The fourth-order valence-electron chi connectivity index (χ4n) is 1.86. The third kappa shape index (κ3) is 1.86. The zero-order valence-corrected chi connectivity index (χ0v) is 9.41. The zero-order chi connectivity index (χ0) is 13.3. The molecule has 0 saturated heterocycles. The molecular formula is C11H10N2O5. The lowest BCUT2D eigenvalue weighted by Gasteiger charge is -2.07. The van der Waals surface area contributed by atoms with E-state index in [9.17, 15) is 20.0 Å². The maximum atomic E-state index is 10.9. The van der Waals surface area contributed by atoms with Crippen molar-refractivity contribution in [2.24, 2.45) is 0 Å². The number of aromatic nitrogens is 1. The van der Waals surface area contributed by atoms with Gasteiger partial charge < -0.3 is 14.8 Å². The molecule has 1 heterocycles. The van der Waals surface area contributed by atoms with Crippen molar-refractivity contribution in [2.75, 3.05) is 0 Å². The highest BCUT2D eigenvalue weighted by molar-refractivity contribution is 5.92. The average molecular weight is 250 g/mol. The van der Waals surface area contributed by atoms with Crippen LogP contribution in [0.1, 0.15) is 18.6 Å². The predicted molar refractivity (Wildman–Crippen MR) is 62.2 cm³/mol. The molecule has 94 valence electrons. The van der Waals surface area contributed by atoms with Gasteiger partial charge in [-0.2, -0.15) is 0 Å². The minimum Gasteiger partial charge on any atom is -0.508 e. The van der Waals surface area contributed by atoms with Gasteiger partial charge in [-0.1, -0.05) is 0 Å². The first-order valence-corrected chi connectivity index (χ1v) is 5.12. The SMILES string of the molecule is CC(OC=O)c1c[nH]c2c([N+](=O)[O-])cc(O)cc12. The number of ether oxygens (including phenoxy) is 1. The number of hydrogen-bond donors (Lipinski definition) is 2. The van der Waals surface area contributed by atoms with Crippen LogP contribution in [0.2, 0.25) is 0 Å². The molecule has 1 aromatic carbocycles. The Balaban J connectivity index is 2.66. The summed E-state index contributed by atoms with van der Waals surface area (Å²) >= 11 is 0. The van der Waals surface area contributed by atoms with Crippen LogP contribution >= 0.6 is 0 Å². The molecule has 2 N–H and O–H groups in total. The van der Waals surface area contributed by atoms with E-state index < -0.39 is 11.0 Å². The van der Waals surface area contributed by atoms with E-state index in [-0.39, 0.29) is 17.0 Å². The van der Waals surface area contributed by atoms with Crippen LogP contribution < -0.4 is 0 Å². The average Bonchev–Trinajstić information content (AvgIpc) is 2.71. The second kappa shape index (κ2) is 4.36. The molecule has 0 aliphatic rings. The first-order valence-electron chi connectivity index (χ1n) is 5.12. The van der Waals surface area contributed by atoms with Crippen LogP contribution in [0.4, 0.5) is 5.69 Å². The van der Waals surface area contributed by atoms with Gasteiger partial charge in [-0.15, -0.1) is 0 Å². The Kier molecular flexibility index (Phi) is 2.88. The number of H-pyrrole nitrogens is 1. The molecule has 0 aliphatic heterocycles. The summed E-state index contributed by atoms with van der Waals surface area (Å²) in [4.78, 5) is 23.3. The number of carbonyl (C=O) groups excluding carboxylic acids is 1. The molecular weight excluding hydrogens is 240 g/mol. The Morgan fingerprint density at radius 2 is 2.28 bits per heavy atom. The van der Waals surface area contributed by atoms with Crippen LogP contribution in [0.3, 0.4) is 0 Å². The number of nitrogens with zero attached hydrogens (tertiary/aromatic N) is 1. The number of nitrogens with one attached hydrogen (secondary N) is 1. The predicted octanol–water partition coefficient (Wildman–Crippen LogP) is 2.02. The molecule has 1 aromatic heterocycles. The van der Waals surface area contributed by atoms with Crippen molar-refractivity contribution in [3.8, 4) is 5.75 Å². The largest absolute Gasteiger partial charge is 0.508 e. The van der Waals surface area contributed by atoms with Crippen molar-refractivity contribution in [1.82, 2.24) is 4.98 Å². The highest BCUT2D eigenvalue weighted by atomic mass is 16.6. The van der Waals surface area contributed by atoms with E-state index in [4.69, 9.17) is 4.74 Å². The normalized spacial score (nSPS) is 12.3. The Hall–Kier alpha value is -2.57. The Labute approximate surface area is 101 Å². The maximum Gasteiger partial charge on any atom is 0.296 e. The van der Waals surface area contributed by atoms with Crippen molar-refractivity contribution < 1.29 is 19.6 Å². The summed E-state index contributed by atoms with van der Waals surface area (Å²) in [7, 11) is 0. The van der Waals surface area contributed by atoms with Gasteiger partial charge in [-0.25, -0.2) is 0 Å². The second-order valence-electron chi connectivity index (χ2n) is 3.76. The molecule has 0 fully saturated rings. The molecule has 1 unspecified atom stereocenters. The molecule has 2 rings (SSSR count). The molecule has 7 heteroatoms. The van der Waals surface area contributed by atoms with Gasteiger partial charge in [0.25, 0.3) is 12.2 Å². The van der Waals surface area contributed by atoms with E-state index in [1.165, 1.54) is 12.3 Å². The number of aromatic hydroxyl groups is 1. The zero-order valence-electron chi connectivity index (χ0n) is 9.41. The maximum absolute atomic E-state index is 10.9. The molecule has 0 aliphatic carbocycles. The summed E-state index contributed by atoms with van der Waals surface area (Å²) in [6.07, 6.45) is 0.961.